The quantitative estimate of drug-likeness (QED) is 0.787. The zero-order valence-electron chi connectivity index (χ0n) is 13.5. The molecule has 0 aliphatic carbocycles. The Morgan fingerprint density at radius 2 is 1.75 bits per heavy atom. The zero-order valence-corrected chi connectivity index (χ0v) is 15.0. The average Bonchev–Trinajstić information content (AvgIpc) is 2.61. The Labute approximate surface area is 150 Å². The van der Waals surface area contributed by atoms with E-state index in [1.165, 1.54) is 12.1 Å². The summed E-state index contributed by atoms with van der Waals surface area (Å²) in [6, 6.07) is 14.1. The number of halogens is 2. The molecule has 1 saturated heterocycles. The molecule has 0 spiro atoms. The highest BCUT2D eigenvalue weighted by Gasteiger charge is 2.25. The van der Waals surface area contributed by atoms with E-state index in [9.17, 15) is 8.60 Å². The van der Waals surface area contributed by atoms with Gasteiger partial charge in [-0.1, -0.05) is 35.9 Å². The second-order valence-electron chi connectivity index (χ2n) is 6.15. The molecule has 1 heterocycles. The molecule has 0 amide bonds. The van der Waals surface area contributed by atoms with Crippen LogP contribution in [0.15, 0.2) is 53.4 Å². The van der Waals surface area contributed by atoms with Gasteiger partial charge >= 0.3 is 0 Å². The molecule has 0 bridgehead atoms. The zero-order chi connectivity index (χ0) is 16.9. The van der Waals surface area contributed by atoms with Crippen molar-refractivity contribution in [2.75, 3.05) is 19.6 Å². The van der Waals surface area contributed by atoms with Crippen molar-refractivity contribution in [1.82, 2.24) is 4.90 Å². The van der Waals surface area contributed by atoms with Gasteiger partial charge in [0.25, 0.3) is 0 Å². The standard InChI is InChI=1S/C19H21ClFNOS/c20-18-3-1-2-4-19(18)24(23)17-10-13-22(14-11-17)12-9-15-5-7-16(21)8-6-15/h1-8,17H,9-14H2. The van der Waals surface area contributed by atoms with Gasteiger partial charge in [0.15, 0.2) is 0 Å². The summed E-state index contributed by atoms with van der Waals surface area (Å²) in [5, 5.41) is 0.765. The second kappa shape index (κ2) is 8.24. The maximum Gasteiger partial charge on any atom is 0.123 e. The highest BCUT2D eigenvalue weighted by atomic mass is 35.5. The molecular formula is C19H21ClFNOS. The number of piperidine rings is 1. The summed E-state index contributed by atoms with van der Waals surface area (Å²) < 4.78 is 25.6. The molecule has 0 radical (unpaired) electrons. The van der Waals surface area contributed by atoms with Gasteiger partial charge in [0, 0.05) is 11.8 Å². The summed E-state index contributed by atoms with van der Waals surface area (Å²) in [5.41, 5.74) is 1.15. The van der Waals surface area contributed by atoms with Crippen LogP contribution < -0.4 is 0 Å². The molecular weight excluding hydrogens is 345 g/mol. The van der Waals surface area contributed by atoms with Gasteiger partial charge in [-0.2, -0.15) is 0 Å². The highest BCUT2D eigenvalue weighted by Crippen LogP contribution is 2.26. The Morgan fingerprint density at radius 1 is 1.08 bits per heavy atom. The number of rotatable bonds is 5. The lowest BCUT2D eigenvalue weighted by atomic mass is 10.1. The predicted molar refractivity (Wildman–Crippen MR) is 97.4 cm³/mol. The Bertz CT molecular complexity index is 699. The van der Waals surface area contributed by atoms with Gasteiger partial charge in [-0.05, 0) is 62.2 Å². The number of benzene rings is 2. The fraction of sp³-hybridized carbons (Fsp3) is 0.368. The van der Waals surface area contributed by atoms with Crippen LogP contribution in [0.1, 0.15) is 18.4 Å². The molecule has 2 aromatic rings. The molecule has 1 fully saturated rings. The Kier molecular flexibility index (Phi) is 6.04. The topological polar surface area (TPSA) is 20.3 Å². The highest BCUT2D eigenvalue weighted by molar-refractivity contribution is 7.85. The summed E-state index contributed by atoms with van der Waals surface area (Å²) in [4.78, 5) is 3.15. The molecule has 1 unspecified atom stereocenters. The van der Waals surface area contributed by atoms with Gasteiger partial charge < -0.3 is 4.90 Å². The first-order valence-electron chi connectivity index (χ1n) is 8.25. The van der Waals surface area contributed by atoms with Crippen LogP contribution in [-0.2, 0) is 17.2 Å². The second-order valence-corrected chi connectivity index (χ2v) is 8.25. The van der Waals surface area contributed by atoms with Crippen LogP contribution in [0.2, 0.25) is 5.02 Å². The van der Waals surface area contributed by atoms with E-state index >= 15 is 0 Å². The minimum Gasteiger partial charge on any atom is -0.303 e. The average molecular weight is 366 g/mol. The maximum atomic E-state index is 12.9. The molecule has 0 saturated carbocycles. The minimum absolute atomic E-state index is 0.173. The van der Waals surface area contributed by atoms with Crippen molar-refractivity contribution in [2.24, 2.45) is 0 Å². The molecule has 128 valence electrons. The van der Waals surface area contributed by atoms with Crippen LogP contribution in [0.4, 0.5) is 4.39 Å². The van der Waals surface area contributed by atoms with Gasteiger partial charge in [0.05, 0.1) is 20.7 Å². The van der Waals surface area contributed by atoms with Crippen LogP contribution in [0, 0.1) is 5.82 Å². The summed E-state index contributed by atoms with van der Waals surface area (Å²) >= 11 is 6.17. The Balaban J connectivity index is 1.49. The van der Waals surface area contributed by atoms with Gasteiger partial charge in [0.2, 0.25) is 0 Å². The van der Waals surface area contributed by atoms with Crippen molar-refractivity contribution in [3.8, 4) is 0 Å². The number of hydrogen-bond acceptors (Lipinski definition) is 2. The van der Waals surface area contributed by atoms with Crippen LogP contribution in [0.3, 0.4) is 0 Å². The van der Waals surface area contributed by atoms with Crippen LogP contribution in [0.5, 0.6) is 0 Å². The van der Waals surface area contributed by atoms with E-state index in [1.807, 2.05) is 30.3 Å². The predicted octanol–water partition coefficient (Wildman–Crippen LogP) is 4.29. The smallest absolute Gasteiger partial charge is 0.123 e. The lowest BCUT2D eigenvalue weighted by Crippen LogP contribution is -2.38. The van der Waals surface area contributed by atoms with E-state index in [-0.39, 0.29) is 11.1 Å². The van der Waals surface area contributed by atoms with Crippen LogP contribution in [-0.4, -0.2) is 34.0 Å². The molecule has 2 nitrogen and oxygen atoms in total. The molecule has 1 atom stereocenters. The minimum atomic E-state index is -1.04. The fourth-order valence-corrected chi connectivity index (χ4v) is 4.91. The van der Waals surface area contributed by atoms with E-state index < -0.39 is 10.8 Å². The molecule has 5 heteroatoms. The van der Waals surface area contributed by atoms with Gasteiger partial charge in [-0.3, -0.25) is 4.21 Å². The van der Waals surface area contributed by atoms with Crippen molar-refractivity contribution < 1.29 is 8.60 Å². The van der Waals surface area contributed by atoms with Crippen LogP contribution in [0.25, 0.3) is 0 Å². The third-order valence-electron chi connectivity index (χ3n) is 4.52. The fourth-order valence-electron chi connectivity index (χ4n) is 3.07. The van der Waals surface area contributed by atoms with E-state index in [0.717, 1.165) is 49.4 Å². The summed E-state index contributed by atoms with van der Waals surface area (Å²) in [7, 11) is -1.04. The molecule has 3 rings (SSSR count). The first-order valence-corrected chi connectivity index (χ1v) is 9.84. The number of nitrogens with zero attached hydrogens (tertiary/aromatic N) is 1. The van der Waals surface area contributed by atoms with Crippen molar-refractivity contribution in [1.29, 1.82) is 0 Å². The van der Waals surface area contributed by atoms with E-state index in [2.05, 4.69) is 4.90 Å². The van der Waals surface area contributed by atoms with E-state index in [4.69, 9.17) is 11.6 Å². The Hall–Kier alpha value is -1.23. The van der Waals surface area contributed by atoms with Crippen molar-refractivity contribution in [2.45, 2.75) is 29.4 Å². The Morgan fingerprint density at radius 3 is 2.42 bits per heavy atom. The monoisotopic (exact) mass is 365 g/mol. The first kappa shape index (κ1) is 17.6. The summed E-state index contributed by atoms with van der Waals surface area (Å²) in [5.74, 6) is -0.193. The lowest BCUT2D eigenvalue weighted by Gasteiger charge is -2.31. The SMILES string of the molecule is O=S(c1ccccc1Cl)C1CCN(CCc2ccc(F)cc2)CC1. The van der Waals surface area contributed by atoms with Gasteiger partial charge in [0.1, 0.15) is 5.82 Å². The number of hydrogen-bond donors (Lipinski definition) is 0. The molecule has 0 aromatic heterocycles. The first-order chi connectivity index (χ1) is 11.6. The molecule has 1 aliphatic rings. The molecule has 24 heavy (non-hydrogen) atoms. The largest absolute Gasteiger partial charge is 0.303 e. The lowest BCUT2D eigenvalue weighted by molar-refractivity contribution is 0.234. The van der Waals surface area contributed by atoms with Crippen LogP contribution >= 0.6 is 11.6 Å². The third-order valence-corrected chi connectivity index (χ3v) is 6.83. The summed E-state index contributed by atoms with van der Waals surface area (Å²) in [6.07, 6.45) is 2.75. The van der Waals surface area contributed by atoms with Gasteiger partial charge in [-0.15, -0.1) is 0 Å². The number of likely N-dealkylation sites (tertiary alicyclic amines) is 1. The third kappa shape index (κ3) is 4.44. The van der Waals surface area contributed by atoms with Crippen molar-refractivity contribution in [3.05, 3.63) is 64.9 Å². The van der Waals surface area contributed by atoms with Crippen molar-refractivity contribution in [3.63, 3.8) is 0 Å². The maximum absolute atomic E-state index is 12.9. The molecule has 2 aromatic carbocycles. The summed E-state index contributed by atoms with van der Waals surface area (Å²) in [6.45, 7) is 2.85. The normalized spacial score (nSPS) is 17.8. The van der Waals surface area contributed by atoms with E-state index in [0.29, 0.717) is 5.02 Å². The van der Waals surface area contributed by atoms with Crippen molar-refractivity contribution >= 4 is 22.4 Å². The van der Waals surface area contributed by atoms with Gasteiger partial charge in [-0.25, -0.2) is 4.39 Å². The molecule has 1 aliphatic heterocycles. The molecule has 0 N–H and O–H groups in total. The van der Waals surface area contributed by atoms with E-state index in [1.54, 1.807) is 6.07 Å².